The number of oxime groups is 1. The van der Waals surface area contributed by atoms with Gasteiger partial charge in [0.15, 0.2) is 11.7 Å². The number of benzene rings is 1. The molecule has 0 aromatic heterocycles. The van der Waals surface area contributed by atoms with Gasteiger partial charge in [-0.2, -0.15) is 0 Å². The second kappa shape index (κ2) is 5.36. The number of rotatable bonds is 4. The molecule has 0 amide bonds. The van der Waals surface area contributed by atoms with Crippen molar-refractivity contribution in [2.75, 3.05) is 11.9 Å². The molecule has 1 fully saturated rings. The van der Waals surface area contributed by atoms with Crippen molar-refractivity contribution in [1.82, 2.24) is 0 Å². The summed E-state index contributed by atoms with van der Waals surface area (Å²) < 4.78 is 14.6. The zero-order valence-corrected chi connectivity index (χ0v) is 12.5. The molecule has 0 bridgehead atoms. The summed E-state index contributed by atoms with van der Waals surface area (Å²) in [6.45, 7) is 2.10. The van der Waals surface area contributed by atoms with Gasteiger partial charge in [-0.3, -0.25) is 0 Å². The number of hydrogen-bond acceptors (Lipinski definition) is 3. The molecule has 2 rings (SSSR count). The fourth-order valence-electron chi connectivity index (χ4n) is 2.18. The summed E-state index contributed by atoms with van der Waals surface area (Å²) in [6, 6.07) is 3.61. The Morgan fingerprint density at radius 1 is 1.58 bits per heavy atom. The molecule has 0 saturated heterocycles. The molecule has 1 saturated carbocycles. The normalized spacial score (nSPS) is 17.4. The third-order valence-corrected chi connectivity index (χ3v) is 4.52. The average Bonchev–Trinajstić information content (AvgIpc) is 3.23. The monoisotopic (exact) mass is 329 g/mol. The topological polar surface area (TPSA) is 61.8 Å². The molecule has 1 aromatic carbocycles. The predicted molar refractivity (Wildman–Crippen MR) is 77.2 cm³/mol. The van der Waals surface area contributed by atoms with E-state index in [1.54, 1.807) is 12.1 Å². The molecule has 0 radical (unpaired) electrons. The Hall–Kier alpha value is -1.30. The molecular formula is C13H17BrFN3O. The molecule has 104 valence electrons. The smallest absolute Gasteiger partial charge is 0.171 e. The van der Waals surface area contributed by atoms with Gasteiger partial charge in [0.2, 0.25) is 0 Å². The van der Waals surface area contributed by atoms with Crippen molar-refractivity contribution in [2.45, 2.75) is 25.8 Å². The highest BCUT2D eigenvalue weighted by molar-refractivity contribution is 9.10. The van der Waals surface area contributed by atoms with Crippen molar-refractivity contribution < 1.29 is 9.60 Å². The maximum absolute atomic E-state index is 14.4. The first-order valence-corrected chi connectivity index (χ1v) is 6.95. The Morgan fingerprint density at radius 3 is 2.74 bits per heavy atom. The van der Waals surface area contributed by atoms with E-state index in [2.05, 4.69) is 28.0 Å². The zero-order valence-electron chi connectivity index (χ0n) is 10.9. The van der Waals surface area contributed by atoms with Crippen LogP contribution in [0, 0.1) is 11.7 Å². The van der Waals surface area contributed by atoms with Gasteiger partial charge in [0.05, 0.1) is 10.2 Å². The molecule has 6 heteroatoms. The van der Waals surface area contributed by atoms with E-state index in [4.69, 9.17) is 10.9 Å². The largest absolute Gasteiger partial charge is 0.409 e. The van der Waals surface area contributed by atoms with Gasteiger partial charge in [-0.25, -0.2) is 4.39 Å². The van der Waals surface area contributed by atoms with Crippen LogP contribution in [-0.2, 0) is 0 Å². The Kier molecular flexibility index (Phi) is 3.99. The van der Waals surface area contributed by atoms with E-state index < -0.39 is 0 Å². The zero-order chi connectivity index (χ0) is 14.2. The van der Waals surface area contributed by atoms with Crippen molar-refractivity contribution in [2.24, 2.45) is 16.8 Å². The van der Waals surface area contributed by atoms with Gasteiger partial charge in [-0.15, -0.1) is 0 Å². The Balaban J connectivity index is 2.35. The molecule has 3 N–H and O–H groups in total. The van der Waals surface area contributed by atoms with Crippen LogP contribution in [0.15, 0.2) is 21.8 Å². The minimum absolute atomic E-state index is 0.116. The van der Waals surface area contributed by atoms with Crippen molar-refractivity contribution in [3.63, 3.8) is 0 Å². The highest BCUT2D eigenvalue weighted by Gasteiger charge is 2.31. The summed E-state index contributed by atoms with van der Waals surface area (Å²) in [7, 11) is 1.89. The molecule has 0 heterocycles. The molecule has 1 unspecified atom stereocenters. The summed E-state index contributed by atoms with van der Waals surface area (Å²) in [5.74, 6) is 0.140. The minimum Gasteiger partial charge on any atom is -0.409 e. The molecule has 0 spiro atoms. The summed E-state index contributed by atoms with van der Waals surface area (Å²) in [5, 5.41) is 11.6. The maximum Gasteiger partial charge on any atom is 0.171 e. The lowest BCUT2D eigenvalue weighted by molar-refractivity contribution is 0.318. The maximum atomic E-state index is 14.4. The molecule has 4 nitrogen and oxygen atoms in total. The molecule has 0 aliphatic heterocycles. The van der Waals surface area contributed by atoms with Crippen LogP contribution in [0.4, 0.5) is 10.1 Å². The van der Waals surface area contributed by atoms with E-state index in [0.29, 0.717) is 23.2 Å². The van der Waals surface area contributed by atoms with Crippen LogP contribution in [0.1, 0.15) is 25.3 Å². The van der Waals surface area contributed by atoms with E-state index >= 15 is 0 Å². The molecular weight excluding hydrogens is 313 g/mol. The van der Waals surface area contributed by atoms with Gasteiger partial charge >= 0.3 is 0 Å². The van der Waals surface area contributed by atoms with Crippen LogP contribution >= 0.6 is 15.9 Å². The average molecular weight is 330 g/mol. The SMILES string of the molecule is CC(C1CC1)N(C)c1ccc(/C(N)=N/O)c(Br)c1F. The fraction of sp³-hybridized carbons (Fsp3) is 0.462. The molecule has 1 atom stereocenters. The Labute approximate surface area is 120 Å². The third-order valence-electron chi connectivity index (χ3n) is 3.74. The van der Waals surface area contributed by atoms with Gasteiger partial charge in [-0.05, 0) is 53.7 Å². The standard InChI is InChI=1S/C13H17BrFN3O/c1-7(8-3-4-8)18(2)10-6-5-9(13(16)17-19)11(14)12(10)15/h5-8,19H,3-4H2,1-2H3,(H2,16,17). The van der Waals surface area contributed by atoms with E-state index in [0.717, 1.165) is 0 Å². The van der Waals surface area contributed by atoms with Crippen molar-refractivity contribution in [3.8, 4) is 0 Å². The van der Waals surface area contributed by atoms with Crippen molar-refractivity contribution >= 4 is 27.5 Å². The molecule has 19 heavy (non-hydrogen) atoms. The summed E-state index contributed by atoms with van der Waals surface area (Å²) >= 11 is 3.17. The van der Waals surface area contributed by atoms with Crippen LogP contribution in [0.2, 0.25) is 0 Å². The van der Waals surface area contributed by atoms with Crippen LogP contribution < -0.4 is 10.6 Å². The number of nitrogens with two attached hydrogens (primary N) is 1. The number of hydrogen-bond donors (Lipinski definition) is 2. The Bertz CT molecular complexity index is 517. The van der Waals surface area contributed by atoms with Gasteiger partial charge in [0.1, 0.15) is 0 Å². The second-order valence-electron chi connectivity index (χ2n) is 4.93. The first-order chi connectivity index (χ1) is 8.97. The second-order valence-corrected chi connectivity index (χ2v) is 5.73. The number of halogens is 2. The lowest BCUT2D eigenvalue weighted by Crippen LogP contribution is -2.31. The number of amidine groups is 1. The molecule has 1 aliphatic carbocycles. The van der Waals surface area contributed by atoms with E-state index in [1.165, 1.54) is 12.8 Å². The highest BCUT2D eigenvalue weighted by Crippen LogP contribution is 2.38. The van der Waals surface area contributed by atoms with Crippen molar-refractivity contribution in [1.29, 1.82) is 0 Å². The van der Waals surface area contributed by atoms with Gasteiger partial charge in [-0.1, -0.05) is 5.16 Å². The predicted octanol–water partition coefficient (Wildman–Crippen LogP) is 2.92. The van der Waals surface area contributed by atoms with Crippen LogP contribution in [0.25, 0.3) is 0 Å². The lowest BCUT2D eigenvalue weighted by Gasteiger charge is -2.28. The first kappa shape index (κ1) is 14.1. The van der Waals surface area contributed by atoms with Gasteiger partial charge in [0, 0.05) is 18.7 Å². The Morgan fingerprint density at radius 2 is 2.21 bits per heavy atom. The summed E-state index contributed by atoms with van der Waals surface area (Å²) in [5.41, 5.74) is 6.36. The number of anilines is 1. The van der Waals surface area contributed by atoms with E-state index in [-0.39, 0.29) is 16.1 Å². The lowest BCUT2D eigenvalue weighted by atomic mass is 10.1. The summed E-state index contributed by atoms with van der Waals surface area (Å²) in [6.07, 6.45) is 2.41. The molecule has 1 aromatic rings. The van der Waals surface area contributed by atoms with E-state index in [1.807, 2.05) is 11.9 Å². The van der Waals surface area contributed by atoms with Crippen LogP contribution in [0.3, 0.4) is 0 Å². The van der Waals surface area contributed by atoms with Crippen LogP contribution in [0.5, 0.6) is 0 Å². The first-order valence-electron chi connectivity index (χ1n) is 6.16. The van der Waals surface area contributed by atoms with Gasteiger partial charge < -0.3 is 15.8 Å². The molecule has 1 aliphatic rings. The quantitative estimate of drug-likeness (QED) is 0.386. The summed E-state index contributed by atoms with van der Waals surface area (Å²) in [4.78, 5) is 1.94. The number of nitrogens with zero attached hydrogens (tertiary/aromatic N) is 2. The van der Waals surface area contributed by atoms with Crippen LogP contribution in [-0.4, -0.2) is 24.1 Å². The fourth-order valence-corrected chi connectivity index (χ4v) is 2.72. The third kappa shape index (κ3) is 2.68. The highest BCUT2D eigenvalue weighted by atomic mass is 79.9. The van der Waals surface area contributed by atoms with E-state index in [9.17, 15) is 4.39 Å². The van der Waals surface area contributed by atoms with Crippen molar-refractivity contribution in [3.05, 3.63) is 28.0 Å². The minimum atomic E-state index is -0.390. The van der Waals surface area contributed by atoms with Gasteiger partial charge in [0.25, 0.3) is 0 Å².